The number of ether oxygens (including phenoxy) is 1. The van der Waals surface area contributed by atoms with E-state index in [1.165, 1.54) is 18.4 Å². The SMILES string of the molecule is COC(=O)c1c(NC(=S)Nc2nn(Cc3ccc(Cl)cc3Cl)cc2Cl)sc(C)c1C. The summed E-state index contributed by atoms with van der Waals surface area (Å²) in [6.07, 6.45) is 1.66. The minimum absolute atomic E-state index is 0.248. The number of carbonyl (C=O) groups excluding carboxylic acids is 1. The number of methoxy groups -OCH3 is 1. The van der Waals surface area contributed by atoms with E-state index in [-0.39, 0.29) is 5.11 Å². The van der Waals surface area contributed by atoms with Crippen LogP contribution in [0.3, 0.4) is 0 Å². The van der Waals surface area contributed by atoms with Crippen molar-refractivity contribution in [1.29, 1.82) is 0 Å². The number of hydrogen-bond donors (Lipinski definition) is 2. The van der Waals surface area contributed by atoms with Crippen molar-refractivity contribution in [2.75, 3.05) is 17.7 Å². The van der Waals surface area contributed by atoms with Crippen LogP contribution in [0.1, 0.15) is 26.4 Å². The molecule has 158 valence electrons. The van der Waals surface area contributed by atoms with Crippen LogP contribution in [0.25, 0.3) is 0 Å². The lowest BCUT2D eigenvalue weighted by molar-refractivity contribution is 0.0601. The first kappa shape index (κ1) is 22.8. The highest BCUT2D eigenvalue weighted by Gasteiger charge is 2.21. The number of aromatic nitrogens is 2. The van der Waals surface area contributed by atoms with Crippen molar-refractivity contribution in [3.63, 3.8) is 0 Å². The average Bonchev–Trinajstić information content (AvgIpc) is 3.15. The molecule has 2 heterocycles. The Labute approximate surface area is 198 Å². The zero-order valence-corrected chi connectivity index (χ0v) is 20.1. The minimum Gasteiger partial charge on any atom is -0.465 e. The summed E-state index contributed by atoms with van der Waals surface area (Å²) >= 11 is 25.3. The normalized spacial score (nSPS) is 10.7. The van der Waals surface area contributed by atoms with Gasteiger partial charge in [-0.15, -0.1) is 11.3 Å². The molecule has 0 saturated heterocycles. The molecule has 0 radical (unpaired) electrons. The molecule has 30 heavy (non-hydrogen) atoms. The number of hydrogen-bond acceptors (Lipinski definition) is 5. The molecule has 0 spiro atoms. The van der Waals surface area contributed by atoms with Gasteiger partial charge in [-0.1, -0.05) is 40.9 Å². The third kappa shape index (κ3) is 5.07. The molecule has 3 rings (SSSR count). The van der Waals surface area contributed by atoms with Gasteiger partial charge in [-0.3, -0.25) is 4.68 Å². The second kappa shape index (κ2) is 9.53. The number of nitrogens with one attached hydrogen (secondary N) is 2. The standard InChI is InChI=1S/C19H17Cl3N4O2S2/c1-9-10(2)30-17(15(9)18(27)28-3)24-19(29)23-16-14(22)8-26(25-16)7-11-4-5-12(20)6-13(11)21/h4-6,8H,7H2,1-3H3,(H2,23,24,25,29). The number of thiophene rings is 1. The molecule has 0 atom stereocenters. The van der Waals surface area contributed by atoms with Gasteiger partial charge in [-0.2, -0.15) is 5.10 Å². The Balaban J connectivity index is 1.74. The monoisotopic (exact) mass is 502 g/mol. The first-order chi connectivity index (χ1) is 14.2. The number of thiocarbonyl (C=S) groups is 1. The maximum atomic E-state index is 12.1. The zero-order chi connectivity index (χ0) is 22.0. The molecule has 0 fully saturated rings. The van der Waals surface area contributed by atoms with Gasteiger partial charge < -0.3 is 15.4 Å². The van der Waals surface area contributed by atoms with Crippen LogP contribution >= 0.6 is 58.4 Å². The van der Waals surface area contributed by atoms with E-state index in [0.717, 1.165) is 16.0 Å². The van der Waals surface area contributed by atoms with E-state index < -0.39 is 5.97 Å². The summed E-state index contributed by atoms with van der Waals surface area (Å²) in [7, 11) is 1.34. The van der Waals surface area contributed by atoms with E-state index in [1.54, 1.807) is 23.0 Å². The topological polar surface area (TPSA) is 68.2 Å². The number of carbonyl (C=O) groups is 1. The maximum absolute atomic E-state index is 12.1. The predicted octanol–water partition coefficient (Wildman–Crippen LogP) is 6.17. The predicted molar refractivity (Wildman–Crippen MR) is 128 cm³/mol. The lowest BCUT2D eigenvalue weighted by Gasteiger charge is -2.09. The van der Waals surface area contributed by atoms with Crippen LogP contribution in [-0.2, 0) is 11.3 Å². The molecular formula is C19H17Cl3N4O2S2. The summed E-state index contributed by atoms with van der Waals surface area (Å²) in [5, 5.41) is 12.7. The van der Waals surface area contributed by atoms with Crippen LogP contribution in [0, 0.1) is 13.8 Å². The first-order valence-corrected chi connectivity index (χ1v) is 11.0. The highest BCUT2D eigenvalue weighted by atomic mass is 35.5. The molecule has 0 amide bonds. The highest BCUT2D eigenvalue weighted by molar-refractivity contribution is 7.80. The Morgan fingerprint density at radius 3 is 2.63 bits per heavy atom. The van der Waals surface area contributed by atoms with Gasteiger partial charge in [-0.05, 0) is 49.3 Å². The number of aryl methyl sites for hydroxylation is 1. The van der Waals surface area contributed by atoms with Crippen molar-refractivity contribution in [2.45, 2.75) is 20.4 Å². The Morgan fingerprint density at radius 2 is 1.97 bits per heavy atom. The molecule has 11 heteroatoms. The number of anilines is 2. The van der Waals surface area contributed by atoms with Gasteiger partial charge in [0.1, 0.15) is 10.0 Å². The van der Waals surface area contributed by atoms with Crippen LogP contribution in [-0.4, -0.2) is 28.0 Å². The Kier molecular flexibility index (Phi) is 7.26. The van der Waals surface area contributed by atoms with Gasteiger partial charge in [0.2, 0.25) is 0 Å². The fourth-order valence-electron chi connectivity index (χ4n) is 2.69. The van der Waals surface area contributed by atoms with Gasteiger partial charge in [-0.25, -0.2) is 4.79 Å². The lowest BCUT2D eigenvalue weighted by atomic mass is 10.1. The van der Waals surface area contributed by atoms with Crippen molar-refractivity contribution in [3.8, 4) is 0 Å². The molecular weight excluding hydrogens is 487 g/mol. The zero-order valence-electron chi connectivity index (χ0n) is 16.2. The number of halogens is 3. The van der Waals surface area contributed by atoms with Gasteiger partial charge in [0, 0.05) is 21.1 Å². The maximum Gasteiger partial charge on any atom is 0.341 e. The van der Waals surface area contributed by atoms with Crippen molar-refractivity contribution in [3.05, 3.63) is 61.0 Å². The van der Waals surface area contributed by atoms with Crippen LogP contribution in [0.4, 0.5) is 10.8 Å². The highest BCUT2D eigenvalue weighted by Crippen LogP contribution is 2.33. The molecule has 0 aliphatic carbocycles. The fraction of sp³-hybridized carbons (Fsp3) is 0.211. The average molecular weight is 504 g/mol. The molecule has 0 unspecified atom stereocenters. The Hall–Kier alpha value is -1.84. The third-order valence-corrected chi connectivity index (χ3v) is 6.49. The molecule has 2 aromatic heterocycles. The summed E-state index contributed by atoms with van der Waals surface area (Å²) in [5.41, 5.74) is 2.15. The first-order valence-electron chi connectivity index (χ1n) is 8.62. The van der Waals surface area contributed by atoms with Crippen molar-refractivity contribution >= 4 is 80.3 Å². The molecule has 0 saturated carbocycles. The summed E-state index contributed by atoms with van der Waals surface area (Å²) < 4.78 is 6.52. The largest absolute Gasteiger partial charge is 0.465 e. The second-order valence-electron chi connectivity index (χ2n) is 6.32. The summed E-state index contributed by atoms with van der Waals surface area (Å²) in [4.78, 5) is 13.1. The molecule has 1 aromatic carbocycles. The molecule has 3 aromatic rings. The quantitative estimate of drug-likeness (QED) is 0.321. The van der Waals surface area contributed by atoms with Crippen LogP contribution < -0.4 is 10.6 Å². The molecule has 0 aliphatic heterocycles. The van der Waals surface area contributed by atoms with Crippen LogP contribution in [0.15, 0.2) is 24.4 Å². The minimum atomic E-state index is -0.427. The van der Waals surface area contributed by atoms with E-state index in [2.05, 4.69) is 15.7 Å². The van der Waals surface area contributed by atoms with Gasteiger partial charge in [0.25, 0.3) is 0 Å². The molecule has 0 bridgehead atoms. The van der Waals surface area contributed by atoms with Crippen molar-refractivity contribution in [2.24, 2.45) is 0 Å². The fourth-order valence-corrected chi connectivity index (χ4v) is 4.67. The number of benzene rings is 1. The van der Waals surface area contributed by atoms with Gasteiger partial charge in [0.05, 0.1) is 19.2 Å². The van der Waals surface area contributed by atoms with E-state index >= 15 is 0 Å². The van der Waals surface area contributed by atoms with Crippen molar-refractivity contribution in [1.82, 2.24) is 9.78 Å². The van der Waals surface area contributed by atoms with E-state index in [4.69, 9.17) is 51.8 Å². The lowest BCUT2D eigenvalue weighted by Crippen LogP contribution is -2.20. The third-order valence-electron chi connectivity index (χ3n) is 4.30. The second-order valence-corrected chi connectivity index (χ2v) is 9.20. The van der Waals surface area contributed by atoms with E-state index in [0.29, 0.717) is 38.0 Å². The van der Waals surface area contributed by atoms with Crippen LogP contribution in [0.5, 0.6) is 0 Å². The Morgan fingerprint density at radius 1 is 1.23 bits per heavy atom. The van der Waals surface area contributed by atoms with Crippen molar-refractivity contribution < 1.29 is 9.53 Å². The number of nitrogens with zero attached hydrogens (tertiary/aromatic N) is 2. The van der Waals surface area contributed by atoms with E-state index in [9.17, 15) is 4.79 Å². The smallest absolute Gasteiger partial charge is 0.341 e. The molecule has 6 nitrogen and oxygen atoms in total. The van der Waals surface area contributed by atoms with Gasteiger partial charge >= 0.3 is 5.97 Å². The summed E-state index contributed by atoms with van der Waals surface area (Å²) in [6.45, 7) is 4.20. The summed E-state index contributed by atoms with van der Waals surface area (Å²) in [6, 6.07) is 5.26. The molecule has 0 aliphatic rings. The van der Waals surface area contributed by atoms with Crippen LogP contribution in [0.2, 0.25) is 15.1 Å². The number of rotatable bonds is 5. The Bertz CT molecular complexity index is 1130. The van der Waals surface area contributed by atoms with E-state index in [1.807, 2.05) is 19.9 Å². The number of esters is 1. The molecule has 2 N–H and O–H groups in total. The van der Waals surface area contributed by atoms with Gasteiger partial charge in [0.15, 0.2) is 10.9 Å². The summed E-state index contributed by atoms with van der Waals surface area (Å²) in [5.74, 6) is -0.0480.